The molecule has 0 aliphatic rings. The molecule has 1 aromatic heterocycles. The SMILES string of the molecule is Cc1ccc([C@@H](CNC(=O)CCSc2nnnn2C)N(C)C)cc1. The molecule has 1 heterocycles. The summed E-state index contributed by atoms with van der Waals surface area (Å²) in [5, 5.41) is 15.0. The van der Waals surface area contributed by atoms with E-state index >= 15 is 0 Å². The van der Waals surface area contributed by atoms with Crippen molar-refractivity contribution < 1.29 is 4.79 Å². The predicted molar refractivity (Wildman–Crippen MR) is 94.8 cm³/mol. The van der Waals surface area contributed by atoms with Crippen LogP contribution in [0.2, 0.25) is 0 Å². The van der Waals surface area contributed by atoms with Gasteiger partial charge in [0, 0.05) is 25.8 Å². The molecule has 0 radical (unpaired) electrons. The highest BCUT2D eigenvalue weighted by atomic mass is 32.2. The standard InChI is InChI=1S/C16H24N6OS/c1-12-5-7-13(8-6-12)14(21(2)3)11-17-15(23)9-10-24-16-18-19-20-22(16)4/h5-8,14H,9-11H2,1-4H3,(H,17,23)/t14-/m1/s1. The number of carbonyl (C=O) groups excluding carboxylic acids is 1. The molecule has 0 saturated carbocycles. The second-order valence-electron chi connectivity index (χ2n) is 5.88. The summed E-state index contributed by atoms with van der Waals surface area (Å²) < 4.78 is 1.60. The monoisotopic (exact) mass is 348 g/mol. The maximum absolute atomic E-state index is 12.1. The number of carbonyl (C=O) groups is 1. The van der Waals surface area contributed by atoms with Gasteiger partial charge in [0.05, 0.1) is 6.04 Å². The van der Waals surface area contributed by atoms with Crippen LogP contribution in [0.1, 0.15) is 23.6 Å². The first-order chi connectivity index (χ1) is 11.5. The summed E-state index contributed by atoms with van der Waals surface area (Å²) in [5.74, 6) is 0.689. The molecule has 0 saturated heterocycles. The van der Waals surface area contributed by atoms with Crippen LogP contribution in [0.5, 0.6) is 0 Å². The average molecular weight is 348 g/mol. The van der Waals surface area contributed by atoms with Gasteiger partial charge in [0.25, 0.3) is 0 Å². The lowest BCUT2D eigenvalue weighted by atomic mass is 10.0. The Hall–Kier alpha value is -1.93. The number of benzene rings is 1. The second-order valence-corrected chi connectivity index (χ2v) is 6.94. The molecule has 1 atom stereocenters. The lowest BCUT2D eigenvalue weighted by Crippen LogP contribution is -2.34. The van der Waals surface area contributed by atoms with Gasteiger partial charge in [-0.1, -0.05) is 41.6 Å². The van der Waals surface area contributed by atoms with Crippen molar-refractivity contribution in [2.24, 2.45) is 7.05 Å². The summed E-state index contributed by atoms with van der Waals surface area (Å²) in [7, 11) is 5.83. The van der Waals surface area contributed by atoms with Gasteiger partial charge in [-0.15, -0.1) is 5.10 Å². The Morgan fingerprint density at radius 2 is 2.04 bits per heavy atom. The average Bonchev–Trinajstić information content (AvgIpc) is 2.94. The number of nitrogens with zero attached hydrogens (tertiary/aromatic N) is 5. The third-order valence-corrected chi connectivity index (χ3v) is 4.73. The van der Waals surface area contributed by atoms with Crippen LogP contribution in [-0.4, -0.2) is 57.4 Å². The molecule has 1 amide bonds. The van der Waals surface area contributed by atoms with E-state index in [1.54, 1.807) is 11.7 Å². The van der Waals surface area contributed by atoms with Gasteiger partial charge in [-0.2, -0.15) is 0 Å². The Bertz CT molecular complexity index is 655. The van der Waals surface area contributed by atoms with E-state index in [4.69, 9.17) is 0 Å². The van der Waals surface area contributed by atoms with Gasteiger partial charge in [-0.25, -0.2) is 4.68 Å². The largest absolute Gasteiger partial charge is 0.354 e. The Morgan fingerprint density at radius 3 is 2.62 bits per heavy atom. The zero-order valence-corrected chi connectivity index (χ0v) is 15.4. The Kier molecular flexibility index (Phi) is 6.74. The van der Waals surface area contributed by atoms with Gasteiger partial charge in [0.2, 0.25) is 11.1 Å². The van der Waals surface area contributed by atoms with Crippen molar-refractivity contribution in [3.8, 4) is 0 Å². The van der Waals surface area contributed by atoms with Crippen LogP contribution in [0.15, 0.2) is 29.4 Å². The van der Waals surface area contributed by atoms with Gasteiger partial charge in [0.1, 0.15) is 0 Å². The zero-order chi connectivity index (χ0) is 17.5. The molecular formula is C16H24N6OS. The van der Waals surface area contributed by atoms with E-state index in [-0.39, 0.29) is 11.9 Å². The highest BCUT2D eigenvalue weighted by Gasteiger charge is 2.15. The number of rotatable bonds is 8. The van der Waals surface area contributed by atoms with E-state index in [1.165, 1.54) is 22.9 Å². The molecule has 0 spiro atoms. The Morgan fingerprint density at radius 1 is 1.33 bits per heavy atom. The fourth-order valence-corrected chi connectivity index (χ4v) is 3.05. The molecule has 0 unspecified atom stereocenters. The normalized spacial score (nSPS) is 12.4. The van der Waals surface area contributed by atoms with Gasteiger partial charge >= 0.3 is 0 Å². The van der Waals surface area contributed by atoms with E-state index in [2.05, 4.69) is 56.9 Å². The van der Waals surface area contributed by atoms with Crippen LogP contribution in [-0.2, 0) is 11.8 Å². The van der Waals surface area contributed by atoms with Gasteiger partial charge in [0.15, 0.2) is 0 Å². The van der Waals surface area contributed by atoms with Crippen molar-refractivity contribution in [1.82, 2.24) is 30.4 Å². The summed E-state index contributed by atoms with van der Waals surface area (Å²) in [4.78, 5) is 14.2. The topological polar surface area (TPSA) is 75.9 Å². The van der Waals surface area contributed by atoms with Gasteiger partial charge in [-0.3, -0.25) is 4.79 Å². The predicted octanol–water partition coefficient (Wildman–Crippen LogP) is 1.42. The number of nitrogens with one attached hydrogen (secondary N) is 1. The molecule has 2 rings (SSSR count). The lowest BCUT2D eigenvalue weighted by molar-refractivity contribution is -0.120. The molecule has 0 aliphatic carbocycles. The first-order valence-electron chi connectivity index (χ1n) is 7.82. The zero-order valence-electron chi connectivity index (χ0n) is 14.6. The molecule has 130 valence electrons. The van der Waals surface area contributed by atoms with E-state index in [1.807, 2.05) is 14.1 Å². The molecule has 24 heavy (non-hydrogen) atoms. The number of amides is 1. The van der Waals surface area contributed by atoms with E-state index in [0.717, 1.165) is 0 Å². The van der Waals surface area contributed by atoms with Crippen LogP contribution >= 0.6 is 11.8 Å². The Balaban J connectivity index is 1.80. The number of likely N-dealkylation sites (N-methyl/N-ethyl adjacent to an activating group) is 1. The molecule has 0 bridgehead atoms. The van der Waals surface area contributed by atoms with Crippen LogP contribution in [0.4, 0.5) is 0 Å². The number of hydrogen-bond donors (Lipinski definition) is 1. The molecule has 1 aromatic carbocycles. The van der Waals surface area contributed by atoms with Crippen molar-refractivity contribution in [2.75, 3.05) is 26.4 Å². The molecule has 8 heteroatoms. The van der Waals surface area contributed by atoms with Crippen molar-refractivity contribution in [3.63, 3.8) is 0 Å². The first-order valence-corrected chi connectivity index (χ1v) is 8.80. The van der Waals surface area contributed by atoms with Crippen molar-refractivity contribution in [3.05, 3.63) is 35.4 Å². The number of aryl methyl sites for hydroxylation is 2. The quantitative estimate of drug-likeness (QED) is 0.727. The fourth-order valence-electron chi connectivity index (χ4n) is 2.26. The summed E-state index contributed by atoms with van der Waals surface area (Å²) >= 11 is 1.48. The highest BCUT2D eigenvalue weighted by molar-refractivity contribution is 7.99. The second kappa shape index (κ2) is 8.79. The van der Waals surface area contributed by atoms with E-state index < -0.39 is 0 Å². The minimum Gasteiger partial charge on any atom is -0.354 e. The van der Waals surface area contributed by atoms with Crippen LogP contribution < -0.4 is 5.32 Å². The Labute approximate surface area is 146 Å². The first kappa shape index (κ1) is 18.4. The van der Waals surface area contributed by atoms with Crippen LogP contribution in [0.3, 0.4) is 0 Å². The number of hydrogen-bond acceptors (Lipinski definition) is 6. The third kappa shape index (κ3) is 5.31. The summed E-state index contributed by atoms with van der Waals surface area (Å²) in [6.07, 6.45) is 0.436. The van der Waals surface area contributed by atoms with Crippen molar-refractivity contribution in [2.45, 2.75) is 24.5 Å². The smallest absolute Gasteiger partial charge is 0.220 e. The molecule has 0 aliphatic heterocycles. The van der Waals surface area contributed by atoms with Crippen LogP contribution in [0, 0.1) is 6.92 Å². The summed E-state index contributed by atoms with van der Waals surface area (Å²) in [6.45, 7) is 2.66. The molecule has 7 nitrogen and oxygen atoms in total. The number of tetrazole rings is 1. The lowest BCUT2D eigenvalue weighted by Gasteiger charge is -2.25. The molecular weight excluding hydrogens is 324 g/mol. The van der Waals surface area contributed by atoms with E-state index in [9.17, 15) is 4.79 Å². The number of aromatic nitrogens is 4. The van der Waals surface area contributed by atoms with Crippen molar-refractivity contribution >= 4 is 17.7 Å². The minimum atomic E-state index is 0.0385. The highest BCUT2D eigenvalue weighted by Crippen LogP contribution is 2.18. The third-order valence-electron chi connectivity index (χ3n) is 3.72. The molecule has 1 N–H and O–H groups in total. The van der Waals surface area contributed by atoms with Crippen molar-refractivity contribution in [1.29, 1.82) is 0 Å². The maximum atomic E-state index is 12.1. The van der Waals surface area contributed by atoms with Crippen LogP contribution in [0.25, 0.3) is 0 Å². The minimum absolute atomic E-state index is 0.0385. The fraction of sp³-hybridized carbons (Fsp3) is 0.500. The summed E-state index contributed by atoms with van der Waals surface area (Å²) in [6, 6.07) is 8.58. The van der Waals surface area contributed by atoms with Gasteiger partial charge in [-0.05, 0) is 37.0 Å². The summed E-state index contributed by atoms with van der Waals surface area (Å²) in [5.41, 5.74) is 2.43. The van der Waals surface area contributed by atoms with E-state index in [0.29, 0.717) is 23.9 Å². The maximum Gasteiger partial charge on any atom is 0.220 e. The molecule has 2 aromatic rings. The van der Waals surface area contributed by atoms with Gasteiger partial charge < -0.3 is 10.2 Å². The molecule has 0 fully saturated rings. The number of thioether (sulfide) groups is 1.